The van der Waals surface area contributed by atoms with Crippen molar-refractivity contribution >= 4 is 39.1 Å². The number of anilines is 1. The van der Waals surface area contributed by atoms with Gasteiger partial charge in [-0.25, -0.2) is 8.42 Å². The molecule has 0 aliphatic rings. The van der Waals surface area contributed by atoms with Crippen LogP contribution in [-0.2, 0) is 32.6 Å². The Morgan fingerprint density at radius 2 is 1.68 bits per heavy atom. The summed E-state index contributed by atoms with van der Waals surface area (Å²) in [6, 6.07) is 22.0. The van der Waals surface area contributed by atoms with E-state index in [9.17, 15) is 18.0 Å². The van der Waals surface area contributed by atoms with Crippen LogP contribution in [0.3, 0.4) is 0 Å². The van der Waals surface area contributed by atoms with Crippen molar-refractivity contribution in [3.8, 4) is 5.75 Å². The molecule has 0 aliphatic carbocycles. The maximum atomic E-state index is 14.0. The van der Waals surface area contributed by atoms with E-state index in [-0.39, 0.29) is 24.6 Å². The van der Waals surface area contributed by atoms with Gasteiger partial charge in [-0.05, 0) is 41.8 Å². The van der Waals surface area contributed by atoms with E-state index in [1.54, 1.807) is 48.5 Å². The highest BCUT2D eigenvalue weighted by atomic mass is 35.5. The first-order valence-corrected chi connectivity index (χ1v) is 15.3. The van der Waals surface area contributed by atoms with Crippen LogP contribution in [-0.4, -0.2) is 57.6 Å². The molecule has 0 aliphatic heterocycles. The number of carbonyl (C=O) groups excluding carboxylic acids is 2. The molecule has 3 rings (SSSR count). The van der Waals surface area contributed by atoms with E-state index in [1.807, 2.05) is 37.3 Å². The lowest BCUT2D eigenvalue weighted by Gasteiger charge is -2.33. The Kier molecular flexibility index (Phi) is 11.4. The number of halogens is 1. The van der Waals surface area contributed by atoms with Crippen LogP contribution in [0.1, 0.15) is 30.9 Å². The van der Waals surface area contributed by atoms with Crippen molar-refractivity contribution in [3.63, 3.8) is 0 Å². The minimum absolute atomic E-state index is 0.0877. The Hall–Kier alpha value is -3.56. The molecule has 8 nitrogen and oxygen atoms in total. The quantitative estimate of drug-likeness (QED) is 0.277. The second-order valence-electron chi connectivity index (χ2n) is 9.47. The molecule has 3 aromatic carbocycles. The van der Waals surface area contributed by atoms with E-state index in [4.69, 9.17) is 16.3 Å². The summed E-state index contributed by atoms with van der Waals surface area (Å²) in [6.45, 7) is 2.10. The number of sulfonamides is 1. The summed E-state index contributed by atoms with van der Waals surface area (Å²) in [5.74, 6) is -0.365. The zero-order valence-corrected chi connectivity index (χ0v) is 24.6. The van der Waals surface area contributed by atoms with Crippen LogP contribution >= 0.6 is 11.6 Å². The zero-order chi connectivity index (χ0) is 29.1. The minimum Gasteiger partial charge on any atom is -0.497 e. The highest BCUT2D eigenvalue weighted by Crippen LogP contribution is 2.24. The second kappa shape index (κ2) is 14.7. The van der Waals surface area contributed by atoms with Gasteiger partial charge < -0.3 is 15.0 Å². The highest BCUT2D eigenvalue weighted by molar-refractivity contribution is 7.92. The van der Waals surface area contributed by atoms with Crippen molar-refractivity contribution in [1.29, 1.82) is 0 Å². The Bertz CT molecular complexity index is 1370. The van der Waals surface area contributed by atoms with Crippen molar-refractivity contribution in [2.45, 2.75) is 38.8 Å². The van der Waals surface area contributed by atoms with Crippen LogP contribution in [0.15, 0.2) is 78.9 Å². The van der Waals surface area contributed by atoms with Gasteiger partial charge in [0, 0.05) is 30.6 Å². The van der Waals surface area contributed by atoms with Crippen LogP contribution in [0.2, 0.25) is 5.02 Å². The van der Waals surface area contributed by atoms with Gasteiger partial charge in [0.25, 0.3) is 0 Å². The number of methoxy groups -OCH3 is 1. The molecule has 3 aromatic rings. The Balaban J connectivity index is 2.03. The van der Waals surface area contributed by atoms with E-state index in [1.165, 1.54) is 12.0 Å². The fraction of sp³-hybridized carbons (Fsp3) is 0.333. The molecule has 214 valence electrons. The van der Waals surface area contributed by atoms with Gasteiger partial charge in [-0.3, -0.25) is 13.9 Å². The Morgan fingerprint density at radius 1 is 0.975 bits per heavy atom. The standard InChI is InChI=1S/C30H36ClN3O5S/c1-4-5-18-32-30(36)28(19-23-10-7-6-8-11-23)33(21-24-14-16-25(31)17-15-24)29(35)22-34(40(3,37)38)26-12-9-13-27(20-26)39-2/h6-17,20,28H,4-5,18-19,21-22H2,1-3H3,(H,32,36)/t28-/m0/s1. The molecule has 0 radical (unpaired) electrons. The van der Waals surface area contributed by atoms with Gasteiger partial charge in [-0.15, -0.1) is 0 Å². The van der Waals surface area contributed by atoms with Gasteiger partial charge in [-0.2, -0.15) is 0 Å². The van der Waals surface area contributed by atoms with E-state index >= 15 is 0 Å². The zero-order valence-electron chi connectivity index (χ0n) is 23.0. The summed E-state index contributed by atoms with van der Waals surface area (Å²) in [5, 5.41) is 3.50. The van der Waals surface area contributed by atoms with Crippen LogP contribution in [0.5, 0.6) is 5.75 Å². The third-order valence-electron chi connectivity index (χ3n) is 6.39. The van der Waals surface area contributed by atoms with E-state index < -0.39 is 28.5 Å². The predicted molar refractivity (Wildman–Crippen MR) is 159 cm³/mol. The molecule has 0 saturated carbocycles. The first-order chi connectivity index (χ1) is 19.1. The number of ether oxygens (including phenoxy) is 1. The molecule has 40 heavy (non-hydrogen) atoms. The SMILES string of the molecule is CCCCNC(=O)[C@H](Cc1ccccc1)N(Cc1ccc(Cl)cc1)C(=O)CN(c1cccc(OC)c1)S(C)(=O)=O. The number of nitrogens with one attached hydrogen (secondary N) is 1. The second-order valence-corrected chi connectivity index (χ2v) is 11.8. The molecular formula is C30H36ClN3O5S. The van der Waals surface area contributed by atoms with Gasteiger partial charge in [-0.1, -0.05) is 73.5 Å². The van der Waals surface area contributed by atoms with Crippen LogP contribution in [0, 0.1) is 0 Å². The molecule has 0 spiro atoms. The largest absolute Gasteiger partial charge is 0.497 e. The van der Waals surface area contributed by atoms with Crippen molar-refractivity contribution < 1.29 is 22.7 Å². The highest BCUT2D eigenvalue weighted by Gasteiger charge is 2.33. The normalized spacial score (nSPS) is 11.9. The molecule has 0 aromatic heterocycles. The van der Waals surface area contributed by atoms with Crippen molar-refractivity contribution in [2.75, 3.05) is 30.8 Å². The number of carbonyl (C=O) groups is 2. The van der Waals surface area contributed by atoms with Gasteiger partial charge >= 0.3 is 0 Å². The molecule has 0 saturated heterocycles. The van der Waals surface area contributed by atoms with Crippen molar-refractivity contribution in [1.82, 2.24) is 10.2 Å². The van der Waals surface area contributed by atoms with Gasteiger partial charge in [0.15, 0.2) is 0 Å². The summed E-state index contributed by atoms with van der Waals surface area (Å²) >= 11 is 6.09. The van der Waals surface area contributed by atoms with Gasteiger partial charge in [0.05, 0.1) is 19.1 Å². The maximum absolute atomic E-state index is 14.0. The summed E-state index contributed by atoms with van der Waals surface area (Å²) in [5.41, 5.74) is 1.91. The molecule has 0 unspecified atom stereocenters. The lowest BCUT2D eigenvalue weighted by Crippen LogP contribution is -2.53. The predicted octanol–water partition coefficient (Wildman–Crippen LogP) is 4.67. The number of benzene rings is 3. The molecule has 0 bridgehead atoms. The molecule has 0 fully saturated rings. The fourth-order valence-corrected chi connectivity index (χ4v) is 5.19. The molecule has 10 heteroatoms. The smallest absolute Gasteiger partial charge is 0.244 e. The minimum atomic E-state index is -3.86. The Labute approximate surface area is 241 Å². The van der Waals surface area contributed by atoms with Crippen molar-refractivity contribution in [3.05, 3.63) is 95.0 Å². The van der Waals surface area contributed by atoms with Crippen LogP contribution in [0.25, 0.3) is 0 Å². The molecule has 0 heterocycles. The molecule has 1 N–H and O–H groups in total. The van der Waals surface area contributed by atoms with Crippen LogP contribution in [0.4, 0.5) is 5.69 Å². The van der Waals surface area contributed by atoms with E-state index in [2.05, 4.69) is 5.32 Å². The Morgan fingerprint density at radius 3 is 2.30 bits per heavy atom. The van der Waals surface area contributed by atoms with Gasteiger partial charge in [0.2, 0.25) is 21.8 Å². The molecule has 2 amide bonds. The average molecular weight is 586 g/mol. The summed E-state index contributed by atoms with van der Waals surface area (Å²) in [6.07, 6.45) is 3.01. The molecular weight excluding hydrogens is 550 g/mol. The average Bonchev–Trinajstić information content (AvgIpc) is 2.94. The molecule has 1 atom stereocenters. The van der Waals surface area contributed by atoms with Crippen molar-refractivity contribution in [2.24, 2.45) is 0 Å². The fourth-order valence-electron chi connectivity index (χ4n) is 4.23. The number of rotatable bonds is 14. The summed E-state index contributed by atoms with van der Waals surface area (Å²) in [7, 11) is -2.38. The first kappa shape index (κ1) is 31.0. The number of unbranched alkanes of at least 4 members (excludes halogenated alkanes) is 1. The lowest BCUT2D eigenvalue weighted by atomic mass is 10.0. The first-order valence-electron chi connectivity index (χ1n) is 13.1. The third kappa shape index (κ3) is 8.99. The monoisotopic (exact) mass is 585 g/mol. The number of nitrogens with zero attached hydrogens (tertiary/aromatic N) is 2. The number of hydrogen-bond donors (Lipinski definition) is 1. The number of hydrogen-bond acceptors (Lipinski definition) is 5. The van der Waals surface area contributed by atoms with Gasteiger partial charge in [0.1, 0.15) is 18.3 Å². The maximum Gasteiger partial charge on any atom is 0.244 e. The van der Waals surface area contributed by atoms with E-state index in [0.717, 1.165) is 34.5 Å². The number of amides is 2. The summed E-state index contributed by atoms with van der Waals surface area (Å²) in [4.78, 5) is 29.1. The summed E-state index contributed by atoms with van der Waals surface area (Å²) < 4.78 is 32.0. The lowest BCUT2D eigenvalue weighted by molar-refractivity contribution is -0.140. The third-order valence-corrected chi connectivity index (χ3v) is 7.78. The van der Waals surface area contributed by atoms with E-state index in [0.29, 0.717) is 17.3 Å². The van der Waals surface area contributed by atoms with Crippen LogP contribution < -0.4 is 14.4 Å². The topological polar surface area (TPSA) is 96.0 Å².